The molecule has 1 aliphatic rings. The van der Waals surface area contributed by atoms with Crippen molar-refractivity contribution in [1.29, 1.82) is 0 Å². The minimum atomic E-state index is -0.226. The molecule has 0 bridgehead atoms. The number of carbonyl (C=O) groups excluding carboxylic acids is 1. The van der Waals surface area contributed by atoms with E-state index in [-0.39, 0.29) is 5.91 Å². The van der Waals surface area contributed by atoms with Crippen molar-refractivity contribution in [2.24, 2.45) is 0 Å². The molecule has 0 unspecified atom stereocenters. The molecule has 0 aromatic carbocycles. The number of nitrogens with zero attached hydrogens (tertiary/aromatic N) is 5. The van der Waals surface area contributed by atoms with Crippen LogP contribution < -0.4 is 10.2 Å². The van der Waals surface area contributed by atoms with Gasteiger partial charge in [-0.15, -0.1) is 10.2 Å². The first-order valence-electron chi connectivity index (χ1n) is 7.79. The van der Waals surface area contributed by atoms with Gasteiger partial charge in [0.2, 0.25) is 0 Å². The summed E-state index contributed by atoms with van der Waals surface area (Å²) >= 11 is 5.81. The number of amides is 1. The van der Waals surface area contributed by atoms with Gasteiger partial charge in [-0.2, -0.15) is 0 Å². The molecule has 126 valence electrons. The molecule has 7 nitrogen and oxygen atoms in total. The second kappa shape index (κ2) is 7.55. The molecule has 0 saturated carbocycles. The summed E-state index contributed by atoms with van der Waals surface area (Å²) in [5.74, 6) is 0.575. The third kappa shape index (κ3) is 3.98. The highest BCUT2D eigenvalue weighted by atomic mass is 35.5. The Balaban J connectivity index is 1.54. The average molecular weight is 347 g/mol. The van der Waals surface area contributed by atoms with Crippen LogP contribution in [0.25, 0.3) is 0 Å². The topological polar surface area (TPSA) is 74.2 Å². The summed E-state index contributed by atoms with van der Waals surface area (Å²) in [6.45, 7) is 4.46. The fourth-order valence-corrected chi connectivity index (χ4v) is 2.75. The summed E-state index contributed by atoms with van der Waals surface area (Å²) in [7, 11) is 1.58. The molecule has 1 amide bonds. The van der Waals surface area contributed by atoms with E-state index in [1.165, 1.54) is 0 Å². The molecule has 0 spiro atoms. The molecule has 1 aliphatic heterocycles. The normalized spacial score (nSPS) is 15.3. The van der Waals surface area contributed by atoms with Crippen molar-refractivity contribution in [2.75, 3.05) is 38.1 Å². The number of halogens is 1. The van der Waals surface area contributed by atoms with Gasteiger partial charge in [0.25, 0.3) is 5.91 Å². The first kappa shape index (κ1) is 16.6. The molecular formula is C16H19ClN6O. The smallest absolute Gasteiger partial charge is 0.271 e. The SMILES string of the molecule is CNC(=O)c1ccc(N2CCN(Cc3ccc(Cl)nc3)CC2)nn1. The van der Waals surface area contributed by atoms with Gasteiger partial charge in [-0.3, -0.25) is 9.69 Å². The first-order chi connectivity index (χ1) is 11.7. The van der Waals surface area contributed by atoms with Crippen molar-refractivity contribution in [1.82, 2.24) is 25.4 Å². The number of pyridine rings is 1. The lowest BCUT2D eigenvalue weighted by Gasteiger charge is -2.35. The number of piperazine rings is 1. The average Bonchev–Trinajstić information content (AvgIpc) is 2.64. The van der Waals surface area contributed by atoms with Gasteiger partial charge in [0.1, 0.15) is 5.15 Å². The first-order valence-corrected chi connectivity index (χ1v) is 8.17. The predicted octanol–water partition coefficient (Wildman–Crippen LogP) is 1.21. The second-order valence-corrected chi connectivity index (χ2v) is 6.00. The van der Waals surface area contributed by atoms with Crippen molar-refractivity contribution in [3.63, 3.8) is 0 Å². The minimum Gasteiger partial charge on any atom is -0.354 e. The van der Waals surface area contributed by atoms with E-state index in [0.29, 0.717) is 10.8 Å². The Morgan fingerprint density at radius 3 is 2.54 bits per heavy atom. The predicted molar refractivity (Wildman–Crippen MR) is 92.2 cm³/mol. The van der Waals surface area contributed by atoms with E-state index in [1.54, 1.807) is 13.1 Å². The lowest BCUT2D eigenvalue weighted by atomic mass is 10.2. The number of hydrogen-bond acceptors (Lipinski definition) is 6. The van der Waals surface area contributed by atoms with Crippen molar-refractivity contribution < 1.29 is 4.79 Å². The molecule has 0 radical (unpaired) electrons. The van der Waals surface area contributed by atoms with Crippen LogP contribution in [0.1, 0.15) is 16.1 Å². The summed E-state index contributed by atoms with van der Waals surface area (Å²) < 4.78 is 0. The molecule has 2 aromatic rings. The molecule has 8 heteroatoms. The molecule has 1 fully saturated rings. The van der Waals surface area contributed by atoms with Crippen LogP contribution in [0, 0.1) is 0 Å². The molecule has 0 atom stereocenters. The number of nitrogens with one attached hydrogen (secondary N) is 1. The molecule has 3 heterocycles. The zero-order chi connectivity index (χ0) is 16.9. The van der Waals surface area contributed by atoms with E-state index in [2.05, 4.69) is 30.3 Å². The molecule has 1 N–H and O–H groups in total. The van der Waals surface area contributed by atoms with Crippen LogP contribution in [0.2, 0.25) is 5.15 Å². The van der Waals surface area contributed by atoms with E-state index in [9.17, 15) is 4.79 Å². The summed E-state index contributed by atoms with van der Waals surface area (Å²) in [5.41, 5.74) is 1.48. The number of aromatic nitrogens is 3. The largest absolute Gasteiger partial charge is 0.354 e. The molecule has 3 rings (SSSR count). The molecule has 1 saturated heterocycles. The quantitative estimate of drug-likeness (QED) is 0.839. The lowest BCUT2D eigenvalue weighted by Crippen LogP contribution is -2.46. The maximum Gasteiger partial charge on any atom is 0.271 e. The maximum atomic E-state index is 11.5. The van der Waals surface area contributed by atoms with Crippen LogP contribution in [0.4, 0.5) is 5.82 Å². The van der Waals surface area contributed by atoms with E-state index < -0.39 is 0 Å². The van der Waals surface area contributed by atoms with E-state index in [1.807, 2.05) is 24.4 Å². The number of rotatable bonds is 4. The maximum absolute atomic E-state index is 11.5. The monoisotopic (exact) mass is 346 g/mol. The highest BCUT2D eigenvalue weighted by Crippen LogP contribution is 2.15. The summed E-state index contributed by atoms with van der Waals surface area (Å²) in [6, 6.07) is 7.37. The zero-order valence-corrected chi connectivity index (χ0v) is 14.2. The van der Waals surface area contributed by atoms with Crippen LogP contribution in [0.5, 0.6) is 0 Å². The van der Waals surface area contributed by atoms with Crippen molar-refractivity contribution in [3.05, 3.63) is 46.9 Å². The third-order valence-electron chi connectivity index (χ3n) is 4.00. The van der Waals surface area contributed by atoms with Crippen molar-refractivity contribution in [2.45, 2.75) is 6.54 Å². The van der Waals surface area contributed by atoms with Gasteiger partial charge >= 0.3 is 0 Å². The highest BCUT2D eigenvalue weighted by Gasteiger charge is 2.19. The molecular weight excluding hydrogens is 328 g/mol. The fourth-order valence-electron chi connectivity index (χ4n) is 2.64. The summed E-state index contributed by atoms with van der Waals surface area (Å²) in [4.78, 5) is 20.2. The molecule has 0 aliphatic carbocycles. The van der Waals surface area contributed by atoms with Crippen LogP contribution in [-0.2, 0) is 6.54 Å². The van der Waals surface area contributed by atoms with Gasteiger partial charge in [-0.1, -0.05) is 17.7 Å². The Kier molecular flexibility index (Phi) is 5.22. The fraction of sp³-hybridized carbons (Fsp3) is 0.375. The Morgan fingerprint density at radius 2 is 1.96 bits per heavy atom. The van der Waals surface area contributed by atoms with E-state index in [0.717, 1.165) is 44.1 Å². The van der Waals surface area contributed by atoms with Crippen LogP contribution in [0.15, 0.2) is 30.5 Å². The summed E-state index contributed by atoms with van der Waals surface area (Å²) in [6.07, 6.45) is 1.82. The van der Waals surface area contributed by atoms with E-state index >= 15 is 0 Å². The number of carbonyl (C=O) groups is 1. The van der Waals surface area contributed by atoms with Crippen molar-refractivity contribution >= 4 is 23.3 Å². The van der Waals surface area contributed by atoms with Crippen LogP contribution >= 0.6 is 11.6 Å². The molecule has 2 aromatic heterocycles. The second-order valence-electron chi connectivity index (χ2n) is 5.61. The lowest BCUT2D eigenvalue weighted by molar-refractivity contribution is 0.0957. The Morgan fingerprint density at radius 1 is 1.17 bits per heavy atom. The minimum absolute atomic E-state index is 0.226. The third-order valence-corrected chi connectivity index (χ3v) is 4.22. The Labute approximate surface area is 145 Å². The highest BCUT2D eigenvalue weighted by molar-refractivity contribution is 6.29. The number of hydrogen-bond donors (Lipinski definition) is 1. The zero-order valence-electron chi connectivity index (χ0n) is 13.4. The Hall–Kier alpha value is -2.25. The number of anilines is 1. The molecule has 24 heavy (non-hydrogen) atoms. The van der Waals surface area contributed by atoms with Gasteiger partial charge < -0.3 is 10.2 Å². The summed E-state index contributed by atoms with van der Waals surface area (Å²) in [5, 5.41) is 11.2. The van der Waals surface area contributed by atoms with Gasteiger partial charge in [0.15, 0.2) is 11.5 Å². The van der Waals surface area contributed by atoms with Crippen LogP contribution in [0.3, 0.4) is 0 Å². The van der Waals surface area contributed by atoms with E-state index in [4.69, 9.17) is 11.6 Å². The van der Waals surface area contributed by atoms with Crippen molar-refractivity contribution in [3.8, 4) is 0 Å². The van der Waals surface area contributed by atoms with Gasteiger partial charge in [-0.05, 0) is 23.8 Å². The van der Waals surface area contributed by atoms with Gasteiger partial charge in [0.05, 0.1) is 0 Å². The van der Waals surface area contributed by atoms with Crippen LogP contribution in [-0.4, -0.2) is 59.2 Å². The van der Waals surface area contributed by atoms with Gasteiger partial charge in [0, 0.05) is 46.0 Å². The van der Waals surface area contributed by atoms with Gasteiger partial charge in [-0.25, -0.2) is 4.98 Å². The standard InChI is InChI=1S/C16H19ClN6O/c1-18-16(24)13-3-5-15(21-20-13)23-8-6-22(7-9-23)11-12-2-4-14(17)19-10-12/h2-5,10H,6-9,11H2,1H3,(H,18,24). The Bertz CT molecular complexity index is 683.